The molecule has 2 N–H and O–H groups in total. The van der Waals surface area contributed by atoms with Crippen molar-refractivity contribution in [3.05, 3.63) is 28.2 Å². The second kappa shape index (κ2) is 7.64. The van der Waals surface area contributed by atoms with Crippen molar-refractivity contribution in [2.45, 2.75) is 19.3 Å². The molecule has 1 aliphatic rings. The van der Waals surface area contributed by atoms with Crippen molar-refractivity contribution < 1.29 is 9.53 Å². The molecule has 0 saturated carbocycles. The Morgan fingerprint density at radius 2 is 2.40 bits per heavy atom. The summed E-state index contributed by atoms with van der Waals surface area (Å²) in [5, 5.41) is 6.37. The second-order valence-electron chi connectivity index (χ2n) is 5.11. The van der Waals surface area contributed by atoms with E-state index in [1.807, 2.05) is 0 Å². The molecule has 1 unspecified atom stereocenters. The molecule has 2 rings (SSSR count). The molecule has 1 aliphatic heterocycles. The molecule has 1 aromatic carbocycles. The van der Waals surface area contributed by atoms with Gasteiger partial charge in [-0.2, -0.15) is 0 Å². The first-order valence-corrected chi connectivity index (χ1v) is 7.82. The summed E-state index contributed by atoms with van der Waals surface area (Å²) in [6.45, 7) is 2.93. The zero-order valence-electron chi connectivity index (χ0n) is 11.7. The van der Waals surface area contributed by atoms with Gasteiger partial charge in [0.05, 0.1) is 11.6 Å². The molecule has 1 atom stereocenters. The molecular weight excluding hydrogens is 320 g/mol. The second-order valence-corrected chi connectivity index (χ2v) is 5.96. The van der Waals surface area contributed by atoms with Gasteiger partial charge in [0.1, 0.15) is 5.75 Å². The summed E-state index contributed by atoms with van der Waals surface area (Å²) in [6.07, 6.45) is 3.54. The summed E-state index contributed by atoms with van der Waals surface area (Å²) in [5.41, 5.74) is 0.652. The van der Waals surface area contributed by atoms with Crippen LogP contribution in [0, 0.1) is 5.92 Å². The highest BCUT2D eigenvalue weighted by molar-refractivity contribution is 9.10. The van der Waals surface area contributed by atoms with Gasteiger partial charge in [0.25, 0.3) is 5.91 Å². The van der Waals surface area contributed by atoms with Crippen LogP contribution >= 0.6 is 15.9 Å². The maximum Gasteiger partial charge on any atom is 0.251 e. The van der Waals surface area contributed by atoms with Gasteiger partial charge in [0, 0.05) is 12.1 Å². The lowest BCUT2D eigenvalue weighted by Gasteiger charge is -2.22. The summed E-state index contributed by atoms with van der Waals surface area (Å²) >= 11 is 3.39. The molecule has 1 heterocycles. The predicted molar refractivity (Wildman–Crippen MR) is 83.2 cm³/mol. The van der Waals surface area contributed by atoms with Crippen LogP contribution in [-0.2, 0) is 0 Å². The molecule has 0 spiro atoms. The third-order valence-electron chi connectivity index (χ3n) is 3.65. The van der Waals surface area contributed by atoms with Crippen molar-refractivity contribution in [2.75, 3.05) is 26.7 Å². The molecule has 4 nitrogen and oxygen atoms in total. The van der Waals surface area contributed by atoms with E-state index >= 15 is 0 Å². The van der Waals surface area contributed by atoms with Gasteiger partial charge in [-0.05, 0) is 72.4 Å². The standard InChI is InChI=1S/C15H21BrN2O2/c1-20-14-5-4-12(9-13(14)16)15(19)18-8-6-11-3-2-7-17-10-11/h4-5,9,11,17H,2-3,6-8,10H2,1H3,(H,18,19). The highest BCUT2D eigenvalue weighted by atomic mass is 79.9. The van der Waals surface area contributed by atoms with Crippen molar-refractivity contribution in [2.24, 2.45) is 5.92 Å². The van der Waals surface area contributed by atoms with Crippen LogP contribution in [0.2, 0.25) is 0 Å². The van der Waals surface area contributed by atoms with E-state index in [0.29, 0.717) is 11.5 Å². The van der Waals surface area contributed by atoms with Gasteiger partial charge in [-0.15, -0.1) is 0 Å². The summed E-state index contributed by atoms with van der Waals surface area (Å²) in [5.74, 6) is 1.39. The number of carbonyl (C=O) groups excluding carboxylic acids is 1. The Hall–Kier alpha value is -1.07. The van der Waals surface area contributed by atoms with Crippen molar-refractivity contribution in [1.29, 1.82) is 0 Å². The van der Waals surface area contributed by atoms with E-state index in [0.717, 1.165) is 36.3 Å². The summed E-state index contributed by atoms with van der Waals surface area (Å²) in [7, 11) is 1.61. The van der Waals surface area contributed by atoms with Crippen LogP contribution in [0.5, 0.6) is 5.75 Å². The highest BCUT2D eigenvalue weighted by Gasteiger charge is 2.13. The SMILES string of the molecule is COc1ccc(C(=O)NCCC2CCCNC2)cc1Br. The third-order valence-corrected chi connectivity index (χ3v) is 4.27. The number of carbonyl (C=O) groups is 1. The minimum absolute atomic E-state index is 0.0304. The number of ether oxygens (including phenoxy) is 1. The number of halogens is 1. The number of hydrogen-bond donors (Lipinski definition) is 2. The molecule has 1 saturated heterocycles. The van der Waals surface area contributed by atoms with Crippen LogP contribution in [0.4, 0.5) is 0 Å². The van der Waals surface area contributed by atoms with E-state index in [1.165, 1.54) is 12.8 Å². The van der Waals surface area contributed by atoms with E-state index in [4.69, 9.17) is 4.74 Å². The summed E-state index contributed by atoms with van der Waals surface area (Å²) in [4.78, 5) is 12.0. The molecule has 20 heavy (non-hydrogen) atoms. The summed E-state index contributed by atoms with van der Waals surface area (Å²) in [6, 6.07) is 5.36. The van der Waals surface area contributed by atoms with Crippen LogP contribution in [-0.4, -0.2) is 32.7 Å². The van der Waals surface area contributed by atoms with Gasteiger partial charge in [-0.25, -0.2) is 0 Å². The number of benzene rings is 1. The van der Waals surface area contributed by atoms with E-state index in [-0.39, 0.29) is 5.91 Å². The average molecular weight is 341 g/mol. The molecular formula is C15H21BrN2O2. The summed E-state index contributed by atoms with van der Waals surface area (Å²) < 4.78 is 5.95. The Labute approximate surface area is 128 Å². The largest absolute Gasteiger partial charge is 0.496 e. The van der Waals surface area contributed by atoms with Crippen LogP contribution in [0.1, 0.15) is 29.6 Å². The van der Waals surface area contributed by atoms with E-state index in [2.05, 4.69) is 26.6 Å². The topological polar surface area (TPSA) is 50.4 Å². The fraction of sp³-hybridized carbons (Fsp3) is 0.533. The number of piperidine rings is 1. The van der Waals surface area contributed by atoms with Crippen LogP contribution in [0.3, 0.4) is 0 Å². The number of amides is 1. The Balaban J connectivity index is 1.80. The minimum Gasteiger partial charge on any atom is -0.496 e. The first kappa shape index (κ1) is 15.3. The lowest BCUT2D eigenvalue weighted by molar-refractivity contribution is 0.0950. The van der Waals surface area contributed by atoms with Crippen molar-refractivity contribution in [3.63, 3.8) is 0 Å². The van der Waals surface area contributed by atoms with Crippen LogP contribution in [0.25, 0.3) is 0 Å². The monoisotopic (exact) mass is 340 g/mol. The Morgan fingerprint density at radius 1 is 1.55 bits per heavy atom. The van der Waals surface area contributed by atoms with Crippen molar-refractivity contribution in [3.8, 4) is 5.75 Å². The average Bonchev–Trinajstić information content (AvgIpc) is 2.48. The molecule has 1 fully saturated rings. The molecule has 0 radical (unpaired) electrons. The normalized spacial score (nSPS) is 18.6. The Bertz CT molecular complexity index is 459. The van der Waals surface area contributed by atoms with Gasteiger partial charge in [0.2, 0.25) is 0 Å². The quantitative estimate of drug-likeness (QED) is 0.866. The van der Waals surface area contributed by atoms with Gasteiger partial charge in [-0.1, -0.05) is 0 Å². The Morgan fingerprint density at radius 3 is 3.05 bits per heavy atom. The third kappa shape index (κ3) is 4.21. The smallest absolute Gasteiger partial charge is 0.251 e. The van der Waals surface area contributed by atoms with Crippen molar-refractivity contribution >= 4 is 21.8 Å². The van der Waals surface area contributed by atoms with E-state index in [9.17, 15) is 4.79 Å². The zero-order chi connectivity index (χ0) is 14.4. The molecule has 110 valence electrons. The van der Waals surface area contributed by atoms with Crippen LogP contribution < -0.4 is 15.4 Å². The highest BCUT2D eigenvalue weighted by Crippen LogP contribution is 2.25. The maximum absolute atomic E-state index is 12.0. The van der Waals surface area contributed by atoms with E-state index < -0.39 is 0 Å². The maximum atomic E-state index is 12.0. The molecule has 1 amide bonds. The van der Waals surface area contributed by atoms with Gasteiger partial charge < -0.3 is 15.4 Å². The zero-order valence-corrected chi connectivity index (χ0v) is 13.3. The number of hydrogen-bond acceptors (Lipinski definition) is 3. The lowest BCUT2D eigenvalue weighted by Crippen LogP contribution is -2.33. The molecule has 1 aromatic rings. The fourth-order valence-electron chi connectivity index (χ4n) is 2.47. The first-order chi connectivity index (χ1) is 9.70. The molecule has 5 heteroatoms. The van der Waals surface area contributed by atoms with Gasteiger partial charge >= 0.3 is 0 Å². The molecule has 0 aliphatic carbocycles. The lowest BCUT2D eigenvalue weighted by atomic mass is 9.96. The molecule has 0 aromatic heterocycles. The first-order valence-electron chi connectivity index (χ1n) is 7.03. The van der Waals surface area contributed by atoms with Crippen molar-refractivity contribution in [1.82, 2.24) is 10.6 Å². The Kier molecular flexibility index (Phi) is 5.86. The van der Waals surface area contributed by atoms with E-state index in [1.54, 1.807) is 25.3 Å². The van der Waals surface area contributed by atoms with Crippen LogP contribution in [0.15, 0.2) is 22.7 Å². The van der Waals surface area contributed by atoms with Gasteiger partial charge in [0.15, 0.2) is 0 Å². The fourth-order valence-corrected chi connectivity index (χ4v) is 3.01. The number of nitrogens with one attached hydrogen (secondary N) is 2. The molecule has 0 bridgehead atoms. The predicted octanol–water partition coefficient (Wildman–Crippen LogP) is 2.58. The van der Waals surface area contributed by atoms with Gasteiger partial charge in [-0.3, -0.25) is 4.79 Å². The number of methoxy groups -OCH3 is 1. The minimum atomic E-state index is -0.0304. The number of rotatable bonds is 5.